The minimum Gasteiger partial charge on any atom is -0.475 e. The number of hydrogen-bond donors (Lipinski definition) is 1. The molecule has 0 aliphatic heterocycles. The number of carboxylic acid groups (broad SMARTS) is 1. The highest BCUT2D eigenvalue weighted by Crippen LogP contribution is 2.31. The number of rotatable bonds is 2. The molecule has 0 saturated carbocycles. The number of hydrogen-bond acceptors (Lipinski definition) is 2. The van der Waals surface area contributed by atoms with Gasteiger partial charge in [0.25, 0.3) is 0 Å². The monoisotopic (exact) mass is 286 g/mol. The summed E-state index contributed by atoms with van der Waals surface area (Å²) in [5, 5.41) is 9.44. The second kappa shape index (κ2) is 3.90. The summed E-state index contributed by atoms with van der Waals surface area (Å²) >= 11 is 3.16. The molecule has 2 rings (SSSR count). The standard InChI is InChI=1S/C11H8BrFO3/c1-2-6-7-3-5(12)4-8(13)9(7)16-10(6)11(14)15/h3-4H,2H2,1H3,(H,14,15). The molecular weight excluding hydrogens is 279 g/mol. The quantitative estimate of drug-likeness (QED) is 0.918. The van der Waals surface area contributed by atoms with Crippen LogP contribution in [0.3, 0.4) is 0 Å². The zero-order valence-corrected chi connectivity index (χ0v) is 9.97. The van der Waals surface area contributed by atoms with Crippen LogP contribution in [0.4, 0.5) is 4.39 Å². The zero-order valence-electron chi connectivity index (χ0n) is 8.38. The molecule has 3 nitrogen and oxygen atoms in total. The third-order valence-electron chi connectivity index (χ3n) is 2.36. The smallest absolute Gasteiger partial charge is 0.372 e. The minimum atomic E-state index is -1.18. The molecule has 1 heterocycles. The van der Waals surface area contributed by atoms with Gasteiger partial charge in [-0.05, 0) is 18.6 Å². The Morgan fingerprint density at radius 2 is 2.25 bits per heavy atom. The van der Waals surface area contributed by atoms with Gasteiger partial charge in [0.2, 0.25) is 5.76 Å². The first-order valence-corrected chi connectivity index (χ1v) is 5.47. The van der Waals surface area contributed by atoms with Crippen LogP contribution in [0.1, 0.15) is 23.0 Å². The molecular formula is C11H8BrFO3. The van der Waals surface area contributed by atoms with Gasteiger partial charge < -0.3 is 9.52 Å². The van der Waals surface area contributed by atoms with Crippen LogP contribution in [0.15, 0.2) is 21.0 Å². The van der Waals surface area contributed by atoms with Crippen LogP contribution in [0.2, 0.25) is 0 Å². The van der Waals surface area contributed by atoms with Crippen molar-refractivity contribution in [3.63, 3.8) is 0 Å². The zero-order chi connectivity index (χ0) is 11.9. The molecule has 1 N–H and O–H groups in total. The van der Waals surface area contributed by atoms with Crippen molar-refractivity contribution in [1.82, 2.24) is 0 Å². The van der Waals surface area contributed by atoms with E-state index in [4.69, 9.17) is 9.52 Å². The lowest BCUT2D eigenvalue weighted by Gasteiger charge is -1.95. The summed E-state index contributed by atoms with van der Waals surface area (Å²) in [6.07, 6.45) is 0.477. The molecule has 5 heteroatoms. The molecule has 0 saturated heterocycles. The second-order valence-electron chi connectivity index (χ2n) is 3.33. The number of furan rings is 1. The average molecular weight is 287 g/mol. The minimum absolute atomic E-state index is 0.00236. The first-order valence-electron chi connectivity index (χ1n) is 4.68. The van der Waals surface area contributed by atoms with Crippen molar-refractivity contribution in [2.75, 3.05) is 0 Å². The highest BCUT2D eigenvalue weighted by molar-refractivity contribution is 9.10. The number of halogens is 2. The van der Waals surface area contributed by atoms with E-state index >= 15 is 0 Å². The molecule has 0 aliphatic rings. The summed E-state index contributed by atoms with van der Waals surface area (Å²) in [7, 11) is 0. The van der Waals surface area contributed by atoms with E-state index < -0.39 is 11.8 Å². The van der Waals surface area contributed by atoms with Gasteiger partial charge >= 0.3 is 5.97 Å². The largest absolute Gasteiger partial charge is 0.475 e. The molecule has 84 valence electrons. The Kier molecular flexibility index (Phi) is 2.71. The van der Waals surface area contributed by atoms with E-state index in [2.05, 4.69) is 15.9 Å². The van der Waals surface area contributed by atoms with Crippen molar-refractivity contribution >= 4 is 32.9 Å². The van der Waals surface area contributed by atoms with Crippen LogP contribution in [0.5, 0.6) is 0 Å². The maximum absolute atomic E-state index is 13.5. The summed E-state index contributed by atoms with van der Waals surface area (Å²) in [6.45, 7) is 1.80. The summed E-state index contributed by atoms with van der Waals surface area (Å²) in [6, 6.07) is 2.91. The average Bonchev–Trinajstić information content (AvgIpc) is 2.56. The lowest BCUT2D eigenvalue weighted by molar-refractivity contribution is 0.0663. The molecule has 0 amide bonds. The molecule has 0 spiro atoms. The number of carboxylic acids is 1. The summed E-state index contributed by atoms with van der Waals surface area (Å²) < 4.78 is 19.1. The number of aryl methyl sites for hydroxylation is 1. The number of fused-ring (bicyclic) bond motifs is 1. The molecule has 0 unspecified atom stereocenters. The SMILES string of the molecule is CCc1c(C(=O)O)oc2c(F)cc(Br)cc12. The van der Waals surface area contributed by atoms with Gasteiger partial charge in [-0.3, -0.25) is 0 Å². The fraction of sp³-hybridized carbons (Fsp3) is 0.182. The van der Waals surface area contributed by atoms with Crippen LogP contribution in [0.25, 0.3) is 11.0 Å². The summed E-state index contributed by atoms with van der Waals surface area (Å²) in [5.74, 6) is -1.93. The topological polar surface area (TPSA) is 50.4 Å². The lowest BCUT2D eigenvalue weighted by Crippen LogP contribution is -1.97. The van der Waals surface area contributed by atoms with E-state index in [-0.39, 0.29) is 11.3 Å². The van der Waals surface area contributed by atoms with E-state index in [1.54, 1.807) is 13.0 Å². The Hall–Kier alpha value is -1.36. The van der Waals surface area contributed by atoms with Crippen LogP contribution >= 0.6 is 15.9 Å². The maximum Gasteiger partial charge on any atom is 0.372 e. The van der Waals surface area contributed by atoms with E-state index in [0.29, 0.717) is 21.8 Å². The fourth-order valence-corrected chi connectivity index (χ4v) is 2.13. The normalized spacial score (nSPS) is 10.9. The van der Waals surface area contributed by atoms with E-state index in [0.717, 1.165) is 0 Å². The van der Waals surface area contributed by atoms with Crippen molar-refractivity contribution in [3.05, 3.63) is 33.7 Å². The van der Waals surface area contributed by atoms with E-state index in [1.807, 2.05) is 0 Å². The first-order chi connectivity index (χ1) is 7.54. The molecule has 0 aliphatic carbocycles. The maximum atomic E-state index is 13.5. The molecule has 0 radical (unpaired) electrons. The third-order valence-corrected chi connectivity index (χ3v) is 2.82. The Morgan fingerprint density at radius 1 is 1.56 bits per heavy atom. The number of carbonyl (C=O) groups is 1. The molecule has 0 atom stereocenters. The van der Waals surface area contributed by atoms with Crippen LogP contribution in [0, 0.1) is 5.82 Å². The van der Waals surface area contributed by atoms with Gasteiger partial charge in [-0.15, -0.1) is 0 Å². The van der Waals surface area contributed by atoms with Crippen molar-refractivity contribution in [3.8, 4) is 0 Å². The molecule has 16 heavy (non-hydrogen) atoms. The van der Waals surface area contributed by atoms with Crippen molar-refractivity contribution < 1.29 is 18.7 Å². The van der Waals surface area contributed by atoms with Crippen molar-refractivity contribution in [1.29, 1.82) is 0 Å². The predicted molar refractivity (Wildman–Crippen MR) is 60.2 cm³/mol. The van der Waals surface area contributed by atoms with Gasteiger partial charge in [0.1, 0.15) is 0 Å². The van der Waals surface area contributed by atoms with Gasteiger partial charge in [0.05, 0.1) is 0 Å². The van der Waals surface area contributed by atoms with Crippen LogP contribution in [-0.2, 0) is 6.42 Å². The van der Waals surface area contributed by atoms with Gasteiger partial charge in [-0.25, -0.2) is 9.18 Å². The first kappa shape index (κ1) is 11.1. The van der Waals surface area contributed by atoms with Crippen LogP contribution in [-0.4, -0.2) is 11.1 Å². The fourth-order valence-electron chi connectivity index (χ4n) is 1.70. The molecule has 1 aromatic heterocycles. The Labute approximate surface area is 99.0 Å². The highest BCUT2D eigenvalue weighted by Gasteiger charge is 2.20. The Balaban J connectivity index is 2.87. The van der Waals surface area contributed by atoms with Gasteiger partial charge in [0.15, 0.2) is 11.4 Å². The van der Waals surface area contributed by atoms with Gasteiger partial charge in [-0.1, -0.05) is 22.9 Å². The molecule has 1 aromatic carbocycles. The Morgan fingerprint density at radius 3 is 2.81 bits per heavy atom. The molecule has 0 bridgehead atoms. The number of benzene rings is 1. The second-order valence-corrected chi connectivity index (χ2v) is 4.25. The van der Waals surface area contributed by atoms with Crippen LogP contribution < -0.4 is 0 Å². The van der Waals surface area contributed by atoms with Gasteiger partial charge in [-0.2, -0.15) is 0 Å². The Bertz CT molecular complexity index is 574. The van der Waals surface area contributed by atoms with E-state index in [9.17, 15) is 9.18 Å². The third kappa shape index (κ3) is 1.61. The van der Waals surface area contributed by atoms with Crippen molar-refractivity contribution in [2.45, 2.75) is 13.3 Å². The highest BCUT2D eigenvalue weighted by atomic mass is 79.9. The lowest BCUT2D eigenvalue weighted by atomic mass is 10.1. The summed E-state index contributed by atoms with van der Waals surface area (Å²) in [5.41, 5.74) is 0.514. The predicted octanol–water partition coefficient (Wildman–Crippen LogP) is 3.60. The molecule has 2 aromatic rings. The summed E-state index contributed by atoms with van der Waals surface area (Å²) in [4.78, 5) is 10.9. The van der Waals surface area contributed by atoms with E-state index in [1.165, 1.54) is 6.07 Å². The number of aromatic carboxylic acids is 1. The molecule has 0 fully saturated rings. The van der Waals surface area contributed by atoms with Crippen molar-refractivity contribution in [2.24, 2.45) is 0 Å². The van der Waals surface area contributed by atoms with Gasteiger partial charge in [0, 0.05) is 15.4 Å².